The van der Waals surface area contributed by atoms with Gasteiger partial charge in [-0.05, 0) is 26.0 Å². The maximum absolute atomic E-state index is 12.3. The van der Waals surface area contributed by atoms with Gasteiger partial charge >= 0.3 is 6.18 Å². The highest BCUT2D eigenvalue weighted by atomic mass is 35.5. The van der Waals surface area contributed by atoms with E-state index in [0.29, 0.717) is 12.3 Å². The maximum Gasteiger partial charge on any atom is 0.433 e. The Morgan fingerprint density at radius 3 is 2.20 bits per heavy atom. The van der Waals surface area contributed by atoms with Crippen LogP contribution in [0.5, 0.6) is 0 Å². The maximum atomic E-state index is 12.3. The predicted octanol–water partition coefficient (Wildman–Crippen LogP) is 1.54. The van der Waals surface area contributed by atoms with Gasteiger partial charge in [0, 0.05) is 18.3 Å². The van der Waals surface area contributed by atoms with E-state index in [1.807, 2.05) is 0 Å². The number of sulfonamides is 1. The molecule has 116 valence electrons. The van der Waals surface area contributed by atoms with Crippen LogP contribution in [0, 0.1) is 0 Å². The lowest BCUT2D eigenvalue weighted by Crippen LogP contribution is -2.45. The van der Waals surface area contributed by atoms with Gasteiger partial charge < -0.3 is 5.73 Å². The molecule has 0 amide bonds. The van der Waals surface area contributed by atoms with Crippen LogP contribution >= 0.6 is 12.4 Å². The minimum absolute atomic E-state index is 0. The molecule has 0 fully saturated rings. The van der Waals surface area contributed by atoms with Gasteiger partial charge in [0.1, 0.15) is 10.6 Å². The number of nitrogens with one attached hydrogen (secondary N) is 1. The summed E-state index contributed by atoms with van der Waals surface area (Å²) in [5, 5.41) is 0. The van der Waals surface area contributed by atoms with Crippen molar-refractivity contribution in [2.24, 2.45) is 5.73 Å². The molecule has 1 aromatic heterocycles. The predicted molar refractivity (Wildman–Crippen MR) is 69.9 cm³/mol. The summed E-state index contributed by atoms with van der Waals surface area (Å²) in [4.78, 5) is 2.74. The topological polar surface area (TPSA) is 85.1 Å². The zero-order valence-corrected chi connectivity index (χ0v) is 12.4. The number of nitrogens with zero attached hydrogens (tertiary/aromatic N) is 1. The van der Waals surface area contributed by atoms with Crippen molar-refractivity contribution in [3.05, 3.63) is 24.0 Å². The summed E-state index contributed by atoms with van der Waals surface area (Å²) in [6.07, 6.45) is -3.94. The Morgan fingerprint density at radius 2 is 1.85 bits per heavy atom. The molecule has 1 heterocycles. The molecule has 0 saturated heterocycles. The fourth-order valence-corrected chi connectivity index (χ4v) is 2.24. The van der Waals surface area contributed by atoms with E-state index in [1.165, 1.54) is 0 Å². The lowest BCUT2D eigenvalue weighted by molar-refractivity contribution is -0.141. The monoisotopic (exact) mass is 333 g/mol. The van der Waals surface area contributed by atoms with Crippen LogP contribution in [-0.2, 0) is 16.2 Å². The largest absolute Gasteiger partial charge is 0.433 e. The first-order valence-electron chi connectivity index (χ1n) is 5.24. The van der Waals surface area contributed by atoms with Crippen LogP contribution < -0.4 is 10.5 Å². The van der Waals surface area contributed by atoms with E-state index in [4.69, 9.17) is 5.73 Å². The summed E-state index contributed by atoms with van der Waals surface area (Å²) in [6.45, 7) is 3.18. The van der Waals surface area contributed by atoms with Crippen LogP contribution in [0.25, 0.3) is 0 Å². The van der Waals surface area contributed by atoms with Crippen LogP contribution in [-0.4, -0.2) is 25.5 Å². The molecule has 1 rings (SSSR count). The molecule has 0 aliphatic carbocycles. The van der Waals surface area contributed by atoms with E-state index < -0.39 is 27.4 Å². The van der Waals surface area contributed by atoms with Crippen molar-refractivity contribution in [3.8, 4) is 0 Å². The molecule has 0 aromatic carbocycles. The summed E-state index contributed by atoms with van der Waals surface area (Å²) in [5.41, 5.74) is 3.69. The average Bonchev–Trinajstić information content (AvgIpc) is 2.25. The second kappa shape index (κ2) is 6.25. The zero-order valence-electron chi connectivity index (χ0n) is 10.7. The molecule has 0 spiro atoms. The Morgan fingerprint density at radius 1 is 1.30 bits per heavy atom. The molecule has 20 heavy (non-hydrogen) atoms. The third kappa shape index (κ3) is 5.61. The van der Waals surface area contributed by atoms with E-state index in [-0.39, 0.29) is 23.8 Å². The number of nitrogens with two attached hydrogens (primary N) is 1. The first-order valence-corrected chi connectivity index (χ1v) is 6.72. The second-order valence-corrected chi connectivity index (χ2v) is 6.46. The second-order valence-electron chi connectivity index (χ2n) is 4.69. The normalized spacial score (nSPS) is 12.9. The van der Waals surface area contributed by atoms with Crippen molar-refractivity contribution < 1.29 is 21.6 Å². The minimum Gasteiger partial charge on any atom is -0.324 e. The summed E-state index contributed by atoms with van der Waals surface area (Å²) in [5.74, 6) is 0. The Kier molecular flexibility index (Phi) is 5.97. The van der Waals surface area contributed by atoms with Crippen LogP contribution in [0.1, 0.15) is 19.5 Å². The summed E-state index contributed by atoms with van der Waals surface area (Å²) in [7, 11) is -3.92. The molecule has 0 radical (unpaired) electrons. The Balaban J connectivity index is 0.00000361. The number of aromatic nitrogens is 1. The van der Waals surface area contributed by atoms with Crippen molar-refractivity contribution >= 4 is 22.4 Å². The van der Waals surface area contributed by atoms with Crippen molar-refractivity contribution in [2.75, 3.05) is 6.54 Å². The Bertz CT molecular complexity index is 538. The highest BCUT2D eigenvalue weighted by Gasteiger charge is 2.32. The molecule has 0 unspecified atom stereocenters. The molecular formula is C10H15ClF3N3O2S. The quantitative estimate of drug-likeness (QED) is 0.875. The number of rotatable bonds is 4. The van der Waals surface area contributed by atoms with Crippen molar-refractivity contribution in [2.45, 2.75) is 30.5 Å². The highest BCUT2D eigenvalue weighted by molar-refractivity contribution is 7.89. The number of alkyl halides is 3. The minimum atomic E-state index is -4.60. The smallest absolute Gasteiger partial charge is 0.324 e. The Labute approximate surface area is 121 Å². The molecule has 1 aromatic rings. The van der Waals surface area contributed by atoms with Gasteiger partial charge in [0.05, 0.1) is 0 Å². The average molecular weight is 334 g/mol. The van der Waals surface area contributed by atoms with Crippen molar-refractivity contribution in [1.29, 1.82) is 0 Å². The van der Waals surface area contributed by atoms with Crippen molar-refractivity contribution in [3.63, 3.8) is 0 Å². The van der Waals surface area contributed by atoms with Crippen LogP contribution in [0.15, 0.2) is 23.2 Å². The number of hydrogen-bond donors (Lipinski definition) is 2. The van der Waals surface area contributed by atoms with Gasteiger partial charge in [-0.15, -0.1) is 12.4 Å². The molecular weight excluding hydrogens is 319 g/mol. The fourth-order valence-electron chi connectivity index (χ4n) is 1.07. The molecule has 0 saturated carbocycles. The standard InChI is InChI=1S/C10H14F3N3O2S.ClH/c1-9(2,14)6-16-19(17,18)7-3-4-8(15-5-7)10(11,12)13;/h3-5,16H,6,14H2,1-2H3;1H. The molecule has 3 N–H and O–H groups in total. The first kappa shape index (κ1) is 19.1. The van der Waals surface area contributed by atoms with E-state index in [0.717, 1.165) is 6.07 Å². The molecule has 0 atom stereocenters. The van der Waals surface area contributed by atoms with Gasteiger partial charge in [-0.2, -0.15) is 13.2 Å². The van der Waals surface area contributed by atoms with Gasteiger partial charge in [0.2, 0.25) is 10.0 Å². The van der Waals surface area contributed by atoms with Gasteiger partial charge in [0.15, 0.2) is 0 Å². The number of halogens is 4. The first-order chi connectivity index (χ1) is 8.42. The number of pyridine rings is 1. The van der Waals surface area contributed by atoms with E-state index in [1.54, 1.807) is 13.8 Å². The Hall–Kier alpha value is -0.900. The van der Waals surface area contributed by atoms with E-state index >= 15 is 0 Å². The SMILES string of the molecule is CC(C)(N)CNS(=O)(=O)c1ccc(C(F)(F)F)nc1.Cl. The fraction of sp³-hybridized carbons (Fsp3) is 0.500. The summed E-state index contributed by atoms with van der Waals surface area (Å²) >= 11 is 0. The van der Waals surface area contributed by atoms with Crippen LogP contribution in [0.2, 0.25) is 0 Å². The molecule has 0 aliphatic rings. The lowest BCUT2D eigenvalue weighted by atomic mass is 10.1. The summed E-state index contributed by atoms with van der Waals surface area (Å²) in [6, 6.07) is 1.46. The van der Waals surface area contributed by atoms with Crippen LogP contribution in [0.4, 0.5) is 13.2 Å². The molecule has 0 aliphatic heterocycles. The third-order valence-corrected chi connectivity index (χ3v) is 3.44. The summed E-state index contributed by atoms with van der Waals surface area (Å²) < 4.78 is 62.5. The number of hydrogen-bond acceptors (Lipinski definition) is 4. The molecule has 5 nitrogen and oxygen atoms in total. The molecule has 10 heteroatoms. The van der Waals surface area contributed by atoms with Gasteiger partial charge in [-0.1, -0.05) is 0 Å². The van der Waals surface area contributed by atoms with Gasteiger partial charge in [-0.3, -0.25) is 4.98 Å². The third-order valence-electron chi connectivity index (χ3n) is 2.05. The van der Waals surface area contributed by atoms with Gasteiger partial charge in [0.25, 0.3) is 0 Å². The van der Waals surface area contributed by atoms with Crippen molar-refractivity contribution in [1.82, 2.24) is 9.71 Å². The highest BCUT2D eigenvalue weighted by Crippen LogP contribution is 2.27. The van der Waals surface area contributed by atoms with E-state index in [9.17, 15) is 21.6 Å². The van der Waals surface area contributed by atoms with Gasteiger partial charge in [-0.25, -0.2) is 13.1 Å². The molecule has 0 bridgehead atoms. The van der Waals surface area contributed by atoms with Crippen LogP contribution in [0.3, 0.4) is 0 Å². The zero-order chi connectivity index (χ0) is 14.9. The van der Waals surface area contributed by atoms with E-state index in [2.05, 4.69) is 9.71 Å². The lowest BCUT2D eigenvalue weighted by Gasteiger charge is -2.18.